The van der Waals surface area contributed by atoms with Crippen LogP contribution in [-0.2, 0) is 0 Å². The third-order valence-corrected chi connectivity index (χ3v) is 4.76. The molecule has 1 aromatic carbocycles. The van der Waals surface area contributed by atoms with Crippen LogP contribution in [0.25, 0.3) is 11.4 Å². The first-order valence-corrected chi connectivity index (χ1v) is 9.11. The number of nitrogens with zero attached hydrogens (tertiary/aromatic N) is 3. The highest BCUT2D eigenvalue weighted by Crippen LogP contribution is 2.47. The number of furan rings is 1. The van der Waals surface area contributed by atoms with E-state index in [1.54, 1.807) is 10.9 Å². The Bertz CT molecular complexity index is 984. The smallest absolute Gasteiger partial charge is 0.216 e. The van der Waals surface area contributed by atoms with E-state index >= 15 is 0 Å². The maximum absolute atomic E-state index is 5.86. The number of aromatic nitrogens is 3. The van der Waals surface area contributed by atoms with Crippen molar-refractivity contribution in [3.63, 3.8) is 0 Å². The predicted molar refractivity (Wildman–Crippen MR) is 102 cm³/mol. The molecule has 6 nitrogen and oxygen atoms in total. The van der Waals surface area contributed by atoms with E-state index in [-0.39, 0.29) is 0 Å². The van der Waals surface area contributed by atoms with Gasteiger partial charge in [-0.1, -0.05) is 6.92 Å². The van der Waals surface area contributed by atoms with Crippen molar-refractivity contribution < 1.29 is 9.15 Å². The van der Waals surface area contributed by atoms with Gasteiger partial charge in [0.05, 0.1) is 12.8 Å². The Balaban J connectivity index is 1.58. The average Bonchev–Trinajstić information content (AvgIpc) is 3.04. The molecule has 0 radical (unpaired) electrons. The first kappa shape index (κ1) is 16.8. The van der Waals surface area contributed by atoms with Gasteiger partial charge in [0, 0.05) is 11.5 Å². The summed E-state index contributed by atoms with van der Waals surface area (Å²) in [5, 5.41) is 11.5. The van der Waals surface area contributed by atoms with Gasteiger partial charge >= 0.3 is 0 Å². The molecule has 0 aliphatic heterocycles. The first-order valence-electron chi connectivity index (χ1n) is 8.70. The van der Waals surface area contributed by atoms with Gasteiger partial charge < -0.3 is 9.15 Å². The number of nitrogens with one attached hydrogen (secondary N) is 1. The van der Waals surface area contributed by atoms with E-state index < -0.39 is 0 Å². The van der Waals surface area contributed by atoms with Crippen LogP contribution in [0.2, 0.25) is 0 Å². The molecule has 0 saturated heterocycles. The average molecular weight is 368 g/mol. The molecule has 2 aromatic heterocycles. The summed E-state index contributed by atoms with van der Waals surface area (Å²) in [5.74, 6) is 4.45. The number of rotatable bonds is 6. The summed E-state index contributed by atoms with van der Waals surface area (Å²) in [6.07, 6.45) is 2.86. The van der Waals surface area contributed by atoms with Gasteiger partial charge in [0.15, 0.2) is 5.82 Å². The maximum Gasteiger partial charge on any atom is 0.216 e. The molecule has 0 unspecified atom stereocenters. The summed E-state index contributed by atoms with van der Waals surface area (Å²) in [6, 6.07) is 11.6. The molecule has 1 N–H and O–H groups in total. The molecule has 0 bridgehead atoms. The third-order valence-electron chi connectivity index (χ3n) is 4.50. The molecule has 7 heteroatoms. The highest BCUT2D eigenvalue weighted by atomic mass is 32.1. The van der Waals surface area contributed by atoms with E-state index in [0.29, 0.717) is 34.8 Å². The van der Waals surface area contributed by atoms with E-state index in [4.69, 9.17) is 21.4 Å². The Morgan fingerprint density at radius 3 is 2.81 bits per heavy atom. The van der Waals surface area contributed by atoms with Gasteiger partial charge in [0.2, 0.25) is 4.77 Å². The predicted octanol–water partition coefficient (Wildman–Crippen LogP) is 4.60. The van der Waals surface area contributed by atoms with Crippen molar-refractivity contribution in [3.05, 3.63) is 52.7 Å². The number of hydrogen-bond acceptors (Lipinski definition) is 5. The largest absolute Gasteiger partial charge is 0.494 e. The lowest BCUT2D eigenvalue weighted by atomic mass is 10.2. The lowest BCUT2D eigenvalue weighted by Gasteiger charge is -2.04. The van der Waals surface area contributed by atoms with Crippen LogP contribution < -0.4 is 4.74 Å². The summed E-state index contributed by atoms with van der Waals surface area (Å²) in [6.45, 7) is 4.82. The SMILES string of the molecule is CCOc1ccc(-c2n[nH]c(=S)n2/N=C\c2ccc([C@H]3C[C@@H]3C)o2)cc1. The molecule has 1 aliphatic carbocycles. The zero-order valence-electron chi connectivity index (χ0n) is 14.7. The molecule has 1 aliphatic rings. The van der Waals surface area contributed by atoms with E-state index in [1.807, 2.05) is 43.3 Å². The molecule has 2 atom stereocenters. The standard InChI is InChI=1S/C19H20N4O2S/c1-3-24-14-6-4-13(5-7-14)18-21-22-19(26)23(18)20-11-15-8-9-17(25-15)16-10-12(16)2/h4-9,11-12,16H,3,10H2,1-2H3,(H,22,26)/b20-11-/t12-,16-/m0/s1. The minimum Gasteiger partial charge on any atom is -0.494 e. The minimum atomic E-state index is 0.424. The molecule has 1 fully saturated rings. The molecule has 26 heavy (non-hydrogen) atoms. The van der Waals surface area contributed by atoms with Gasteiger partial charge in [-0.2, -0.15) is 14.9 Å². The summed E-state index contributed by atoms with van der Waals surface area (Å²) in [5.41, 5.74) is 0.893. The Hall–Kier alpha value is -2.67. The van der Waals surface area contributed by atoms with Gasteiger partial charge in [0.25, 0.3) is 0 Å². The van der Waals surface area contributed by atoms with Gasteiger partial charge in [-0.15, -0.1) is 0 Å². The summed E-state index contributed by atoms with van der Waals surface area (Å²) < 4.78 is 13.3. The van der Waals surface area contributed by atoms with Crippen molar-refractivity contribution in [2.75, 3.05) is 6.61 Å². The van der Waals surface area contributed by atoms with E-state index in [9.17, 15) is 0 Å². The number of H-pyrrole nitrogens is 1. The summed E-state index contributed by atoms with van der Waals surface area (Å²) in [7, 11) is 0. The second-order valence-corrected chi connectivity index (χ2v) is 6.81. The van der Waals surface area contributed by atoms with Crippen LogP contribution in [0.1, 0.15) is 37.7 Å². The molecule has 1 saturated carbocycles. The molecule has 2 heterocycles. The molecule has 4 rings (SSSR count). The quantitative estimate of drug-likeness (QED) is 0.510. The normalized spacial score (nSPS) is 19.2. The molecular weight excluding hydrogens is 348 g/mol. The van der Waals surface area contributed by atoms with Crippen LogP contribution in [0, 0.1) is 10.7 Å². The molecule has 0 amide bonds. The second-order valence-electron chi connectivity index (χ2n) is 6.43. The number of ether oxygens (including phenoxy) is 1. The van der Waals surface area contributed by atoms with Crippen molar-refractivity contribution in [2.45, 2.75) is 26.2 Å². The van der Waals surface area contributed by atoms with Crippen molar-refractivity contribution in [1.29, 1.82) is 0 Å². The van der Waals surface area contributed by atoms with Gasteiger partial charge in [-0.3, -0.25) is 0 Å². The Morgan fingerprint density at radius 2 is 2.12 bits per heavy atom. The highest BCUT2D eigenvalue weighted by Gasteiger charge is 2.36. The van der Waals surface area contributed by atoms with Crippen molar-refractivity contribution in [2.24, 2.45) is 11.0 Å². The van der Waals surface area contributed by atoms with Crippen molar-refractivity contribution in [1.82, 2.24) is 14.9 Å². The monoisotopic (exact) mass is 368 g/mol. The van der Waals surface area contributed by atoms with E-state index in [0.717, 1.165) is 17.1 Å². The Labute approximate surface area is 156 Å². The topological polar surface area (TPSA) is 68.3 Å². The van der Waals surface area contributed by atoms with Crippen LogP contribution in [0.15, 0.2) is 45.9 Å². The Kier molecular flexibility index (Phi) is 4.46. The molecule has 3 aromatic rings. The van der Waals surface area contributed by atoms with Gasteiger partial charge in [-0.25, -0.2) is 5.10 Å². The fourth-order valence-corrected chi connectivity index (χ4v) is 3.10. The highest BCUT2D eigenvalue weighted by molar-refractivity contribution is 7.71. The van der Waals surface area contributed by atoms with Crippen LogP contribution >= 0.6 is 12.2 Å². The van der Waals surface area contributed by atoms with E-state index in [2.05, 4.69) is 22.2 Å². The minimum absolute atomic E-state index is 0.424. The molecule has 0 spiro atoms. The zero-order valence-corrected chi connectivity index (χ0v) is 15.5. The molecular formula is C19H20N4O2S. The maximum atomic E-state index is 5.86. The van der Waals surface area contributed by atoms with Gasteiger partial charge in [0.1, 0.15) is 17.3 Å². The zero-order chi connectivity index (χ0) is 18.1. The second kappa shape index (κ2) is 6.92. The number of benzene rings is 1. The van der Waals surface area contributed by atoms with Crippen LogP contribution in [-0.4, -0.2) is 27.7 Å². The third kappa shape index (κ3) is 3.35. The number of aromatic amines is 1. The van der Waals surface area contributed by atoms with Crippen LogP contribution in [0.5, 0.6) is 5.75 Å². The van der Waals surface area contributed by atoms with Gasteiger partial charge in [-0.05, 0) is 67.9 Å². The van der Waals surface area contributed by atoms with Crippen LogP contribution in [0.4, 0.5) is 0 Å². The lowest BCUT2D eigenvalue weighted by Crippen LogP contribution is -1.95. The first-order chi connectivity index (χ1) is 12.7. The van der Waals surface area contributed by atoms with Crippen molar-refractivity contribution in [3.8, 4) is 17.1 Å². The summed E-state index contributed by atoms with van der Waals surface area (Å²) >= 11 is 5.30. The summed E-state index contributed by atoms with van der Waals surface area (Å²) in [4.78, 5) is 0. The lowest BCUT2D eigenvalue weighted by molar-refractivity contribution is 0.340. The number of hydrogen-bond donors (Lipinski definition) is 1. The molecule has 134 valence electrons. The van der Waals surface area contributed by atoms with E-state index in [1.165, 1.54) is 6.42 Å². The Morgan fingerprint density at radius 1 is 1.35 bits per heavy atom. The fraction of sp³-hybridized carbons (Fsp3) is 0.316. The van der Waals surface area contributed by atoms with Crippen molar-refractivity contribution >= 4 is 18.4 Å². The fourth-order valence-electron chi connectivity index (χ4n) is 2.92. The van der Waals surface area contributed by atoms with Crippen LogP contribution in [0.3, 0.4) is 0 Å².